The number of carbonyl (C=O) groups excluding carboxylic acids is 1. The Kier molecular flexibility index (Phi) is 6.06. The number of hydrogen-bond donors (Lipinski definition) is 1. The molecule has 116 valence electrons. The SMILES string of the molecule is CCN(CC1CCNCC1)C(=O)c1cc(OC)ccc1Br. The molecular weight excluding hydrogens is 332 g/mol. The molecule has 0 radical (unpaired) electrons. The summed E-state index contributed by atoms with van der Waals surface area (Å²) < 4.78 is 6.04. The molecule has 0 aromatic heterocycles. The molecule has 1 aliphatic heterocycles. The van der Waals surface area contributed by atoms with Gasteiger partial charge in [-0.1, -0.05) is 0 Å². The maximum atomic E-state index is 12.8. The fraction of sp³-hybridized carbons (Fsp3) is 0.562. The van der Waals surface area contributed by atoms with E-state index in [1.54, 1.807) is 13.2 Å². The van der Waals surface area contributed by atoms with Crippen molar-refractivity contribution >= 4 is 21.8 Å². The summed E-state index contributed by atoms with van der Waals surface area (Å²) >= 11 is 3.47. The van der Waals surface area contributed by atoms with E-state index in [0.717, 1.165) is 43.5 Å². The number of carbonyl (C=O) groups is 1. The molecule has 1 aliphatic rings. The Balaban J connectivity index is 2.11. The van der Waals surface area contributed by atoms with Crippen molar-refractivity contribution < 1.29 is 9.53 Å². The predicted octanol–water partition coefficient (Wildman–Crippen LogP) is 2.92. The molecule has 0 atom stereocenters. The van der Waals surface area contributed by atoms with Crippen molar-refractivity contribution in [2.45, 2.75) is 19.8 Å². The Morgan fingerprint density at radius 1 is 1.43 bits per heavy atom. The van der Waals surface area contributed by atoms with Crippen LogP contribution in [0.15, 0.2) is 22.7 Å². The first kappa shape index (κ1) is 16.3. The van der Waals surface area contributed by atoms with Crippen LogP contribution in [0.4, 0.5) is 0 Å². The number of ether oxygens (including phenoxy) is 1. The van der Waals surface area contributed by atoms with Crippen molar-refractivity contribution in [3.05, 3.63) is 28.2 Å². The highest BCUT2D eigenvalue weighted by Crippen LogP contribution is 2.24. The van der Waals surface area contributed by atoms with E-state index in [2.05, 4.69) is 21.2 Å². The molecule has 21 heavy (non-hydrogen) atoms. The standard InChI is InChI=1S/C16H23BrN2O2/c1-3-19(11-12-6-8-18-9-7-12)16(20)14-10-13(21-2)4-5-15(14)17/h4-5,10,12,18H,3,6-9,11H2,1-2H3. The number of methoxy groups -OCH3 is 1. The van der Waals surface area contributed by atoms with Crippen LogP contribution in [-0.2, 0) is 0 Å². The van der Waals surface area contributed by atoms with Crippen molar-refractivity contribution in [2.24, 2.45) is 5.92 Å². The number of amides is 1. The highest BCUT2D eigenvalue weighted by Gasteiger charge is 2.22. The summed E-state index contributed by atoms with van der Waals surface area (Å²) in [6.07, 6.45) is 2.28. The molecule has 1 aromatic carbocycles. The van der Waals surface area contributed by atoms with Gasteiger partial charge in [-0.05, 0) is 72.9 Å². The monoisotopic (exact) mass is 354 g/mol. The van der Waals surface area contributed by atoms with Crippen molar-refractivity contribution in [3.63, 3.8) is 0 Å². The van der Waals surface area contributed by atoms with Crippen molar-refractivity contribution in [3.8, 4) is 5.75 Å². The quantitative estimate of drug-likeness (QED) is 0.883. The second-order valence-electron chi connectivity index (χ2n) is 5.38. The molecule has 1 amide bonds. The highest BCUT2D eigenvalue weighted by atomic mass is 79.9. The van der Waals surface area contributed by atoms with Gasteiger partial charge in [-0.3, -0.25) is 4.79 Å². The summed E-state index contributed by atoms with van der Waals surface area (Å²) in [6, 6.07) is 5.52. The van der Waals surface area contributed by atoms with Gasteiger partial charge in [0.05, 0.1) is 12.7 Å². The maximum absolute atomic E-state index is 12.8. The van der Waals surface area contributed by atoms with E-state index in [0.29, 0.717) is 17.2 Å². The van der Waals surface area contributed by atoms with Gasteiger partial charge in [0, 0.05) is 17.6 Å². The Morgan fingerprint density at radius 3 is 2.76 bits per heavy atom. The number of halogens is 1. The van der Waals surface area contributed by atoms with Gasteiger partial charge in [0.25, 0.3) is 5.91 Å². The summed E-state index contributed by atoms with van der Waals surface area (Å²) in [5.74, 6) is 1.38. The smallest absolute Gasteiger partial charge is 0.255 e. The second-order valence-corrected chi connectivity index (χ2v) is 6.24. The third kappa shape index (κ3) is 4.20. The third-order valence-electron chi connectivity index (χ3n) is 4.01. The van der Waals surface area contributed by atoms with E-state index >= 15 is 0 Å². The molecule has 5 heteroatoms. The fourth-order valence-corrected chi connectivity index (χ4v) is 3.11. The van der Waals surface area contributed by atoms with Gasteiger partial charge in [-0.15, -0.1) is 0 Å². The first-order valence-corrected chi connectivity index (χ1v) is 8.28. The minimum atomic E-state index is 0.0711. The molecule has 2 rings (SSSR count). The molecule has 0 aliphatic carbocycles. The lowest BCUT2D eigenvalue weighted by Crippen LogP contribution is -2.39. The highest BCUT2D eigenvalue weighted by molar-refractivity contribution is 9.10. The molecular formula is C16H23BrN2O2. The van der Waals surface area contributed by atoms with Crippen molar-refractivity contribution in [1.82, 2.24) is 10.2 Å². The number of benzene rings is 1. The summed E-state index contributed by atoms with van der Waals surface area (Å²) in [5.41, 5.74) is 0.671. The minimum Gasteiger partial charge on any atom is -0.497 e. The number of hydrogen-bond acceptors (Lipinski definition) is 3. The van der Waals surface area contributed by atoms with E-state index in [1.807, 2.05) is 24.0 Å². The number of nitrogens with zero attached hydrogens (tertiary/aromatic N) is 1. The average molecular weight is 355 g/mol. The topological polar surface area (TPSA) is 41.6 Å². The van der Waals surface area contributed by atoms with E-state index in [9.17, 15) is 4.79 Å². The molecule has 1 fully saturated rings. The number of piperidine rings is 1. The molecule has 0 saturated carbocycles. The molecule has 1 saturated heterocycles. The van der Waals surface area contributed by atoms with Crippen LogP contribution in [0, 0.1) is 5.92 Å². The number of nitrogens with one attached hydrogen (secondary N) is 1. The van der Waals surface area contributed by atoms with Crippen LogP contribution in [-0.4, -0.2) is 44.1 Å². The van der Waals surface area contributed by atoms with E-state index < -0.39 is 0 Å². The molecule has 0 unspecified atom stereocenters. The first-order chi connectivity index (χ1) is 10.2. The minimum absolute atomic E-state index is 0.0711. The van der Waals surface area contributed by atoms with Crippen LogP contribution in [0.2, 0.25) is 0 Å². The van der Waals surface area contributed by atoms with Crippen LogP contribution in [0.5, 0.6) is 5.75 Å². The van der Waals surface area contributed by atoms with Gasteiger partial charge < -0.3 is 15.0 Å². The summed E-state index contributed by atoms with van der Waals surface area (Å²) in [4.78, 5) is 14.7. The lowest BCUT2D eigenvalue weighted by atomic mass is 9.97. The molecule has 4 nitrogen and oxygen atoms in total. The lowest BCUT2D eigenvalue weighted by Gasteiger charge is -2.29. The normalized spacial score (nSPS) is 15.8. The molecule has 0 spiro atoms. The van der Waals surface area contributed by atoms with Crippen LogP contribution < -0.4 is 10.1 Å². The first-order valence-electron chi connectivity index (χ1n) is 7.49. The zero-order valence-corrected chi connectivity index (χ0v) is 14.3. The second kappa shape index (κ2) is 7.80. The molecule has 1 N–H and O–H groups in total. The van der Waals surface area contributed by atoms with E-state index in [-0.39, 0.29) is 5.91 Å². The maximum Gasteiger partial charge on any atom is 0.255 e. The van der Waals surface area contributed by atoms with Crippen LogP contribution in [0.1, 0.15) is 30.1 Å². The van der Waals surface area contributed by atoms with Crippen molar-refractivity contribution in [1.29, 1.82) is 0 Å². The van der Waals surface area contributed by atoms with Gasteiger partial charge in [-0.25, -0.2) is 0 Å². The van der Waals surface area contributed by atoms with Gasteiger partial charge in [0.15, 0.2) is 0 Å². The summed E-state index contributed by atoms with van der Waals surface area (Å²) in [5, 5.41) is 3.36. The van der Waals surface area contributed by atoms with E-state index in [1.165, 1.54) is 0 Å². The Labute approximate surface area is 135 Å². The van der Waals surface area contributed by atoms with Crippen LogP contribution in [0.25, 0.3) is 0 Å². The largest absolute Gasteiger partial charge is 0.497 e. The van der Waals surface area contributed by atoms with E-state index in [4.69, 9.17) is 4.74 Å². The van der Waals surface area contributed by atoms with Gasteiger partial charge in [0.2, 0.25) is 0 Å². The molecule has 1 heterocycles. The van der Waals surface area contributed by atoms with Gasteiger partial charge >= 0.3 is 0 Å². The average Bonchev–Trinajstić information content (AvgIpc) is 2.53. The zero-order chi connectivity index (χ0) is 15.2. The Hall–Kier alpha value is -1.07. The van der Waals surface area contributed by atoms with Crippen LogP contribution in [0.3, 0.4) is 0 Å². The molecule has 1 aromatic rings. The van der Waals surface area contributed by atoms with Crippen molar-refractivity contribution in [2.75, 3.05) is 33.3 Å². The van der Waals surface area contributed by atoms with Gasteiger partial charge in [-0.2, -0.15) is 0 Å². The van der Waals surface area contributed by atoms with Gasteiger partial charge in [0.1, 0.15) is 5.75 Å². The fourth-order valence-electron chi connectivity index (χ4n) is 2.70. The van der Waals surface area contributed by atoms with Crippen LogP contribution >= 0.6 is 15.9 Å². The third-order valence-corrected chi connectivity index (χ3v) is 4.70. The lowest BCUT2D eigenvalue weighted by molar-refractivity contribution is 0.0725. The predicted molar refractivity (Wildman–Crippen MR) is 87.9 cm³/mol. The Morgan fingerprint density at radius 2 is 2.14 bits per heavy atom. The number of rotatable bonds is 5. The zero-order valence-electron chi connectivity index (χ0n) is 12.7. The Bertz CT molecular complexity index is 487. The molecule has 0 bridgehead atoms. The summed E-state index contributed by atoms with van der Waals surface area (Å²) in [7, 11) is 1.62. The summed E-state index contributed by atoms with van der Waals surface area (Å²) in [6.45, 7) is 5.71.